The number of rotatable bonds is 6. The van der Waals surface area contributed by atoms with E-state index in [0.29, 0.717) is 28.1 Å². The van der Waals surface area contributed by atoms with E-state index < -0.39 is 12.0 Å². The van der Waals surface area contributed by atoms with E-state index in [1.807, 2.05) is 6.92 Å². The van der Waals surface area contributed by atoms with Crippen molar-refractivity contribution in [3.8, 4) is 11.5 Å². The number of ether oxygens (including phenoxy) is 2. The molecule has 0 radical (unpaired) electrons. The van der Waals surface area contributed by atoms with Crippen molar-refractivity contribution in [3.63, 3.8) is 0 Å². The van der Waals surface area contributed by atoms with E-state index in [-0.39, 0.29) is 6.42 Å². The highest BCUT2D eigenvalue weighted by molar-refractivity contribution is 9.10. The Bertz CT molecular complexity index is 436. The van der Waals surface area contributed by atoms with E-state index in [4.69, 9.17) is 20.3 Å². The van der Waals surface area contributed by atoms with Crippen LogP contribution in [0.5, 0.6) is 11.5 Å². The summed E-state index contributed by atoms with van der Waals surface area (Å²) in [5, 5.41) is 8.82. The van der Waals surface area contributed by atoms with Crippen LogP contribution in [0, 0.1) is 0 Å². The molecule has 6 heteroatoms. The molecule has 0 heterocycles. The Morgan fingerprint density at radius 3 is 2.72 bits per heavy atom. The molecule has 0 bridgehead atoms. The number of hydrogen-bond acceptors (Lipinski definition) is 4. The van der Waals surface area contributed by atoms with Gasteiger partial charge in [-0.2, -0.15) is 0 Å². The fraction of sp³-hybridized carbons (Fsp3) is 0.417. The summed E-state index contributed by atoms with van der Waals surface area (Å²) in [6, 6.07) is 2.85. The predicted molar refractivity (Wildman–Crippen MR) is 71.0 cm³/mol. The molecule has 0 aliphatic heterocycles. The molecule has 0 saturated heterocycles. The minimum absolute atomic E-state index is 0.175. The van der Waals surface area contributed by atoms with Crippen molar-refractivity contribution < 1.29 is 19.4 Å². The number of carbonyl (C=O) groups is 1. The molecule has 0 aliphatic rings. The summed E-state index contributed by atoms with van der Waals surface area (Å²) in [4.78, 5) is 10.8. The fourth-order valence-electron chi connectivity index (χ4n) is 1.65. The average Bonchev–Trinajstić information content (AvgIpc) is 2.28. The zero-order chi connectivity index (χ0) is 13.7. The number of carboxylic acids is 1. The molecule has 100 valence electrons. The Morgan fingerprint density at radius 1 is 1.56 bits per heavy atom. The highest BCUT2D eigenvalue weighted by Crippen LogP contribution is 2.40. The van der Waals surface area contributed by atoms with Gasteiger partial charge in [-0.3, -0.25) is 4.79 Å². The van der Waals surface area contributed by atoms with Crippen LogP contribution >= 0.6 is 15.9 Å². The minimum atomic E-state index is -0.959. The molecule has 0 aromatic heterocycles. The Hall–Kier alpha value is -1.27. The SMILES string of the molecule is CCOc1c(OC)ccc(Br)c1C(N)CC(=O)O. The first-order valence-electron chi connectivity index (χ1n) is 5.47. The number of benzene rings is 1. The minimum Gasteiger partial charge on any atom is -0.493 e. The molecule has 5 nitrogen and oxygen atoms in total. The van der Waals surface area contributed by atoms with Crippen molar-refractivity contribution in [1.82, 2.24) is 0 Å². The molecular weight excluding hydrogens is 302 g/mol. The monoisotopic (exact) mass is 317 g/mol. The van der Waals surface area contributed by atoms with Crippen LogP contribution in [0.2, 0.25) is 0 Å². The number of methoxy groups -OCH3 is 1. The standard InChI is InChI=1S/C12H16BrNO4/c1-3-18-12-9(17-2)5-4-7(13)11(12)8(14)6-10(15)16/h4-5,8H,3,6,14H2,1-2H3,(H,15,16). The Kier molecular flexibility index (Phi) is 5.43. The second-order valence-corrected chi connectivity index (χ2v) is 4.48. The summed E-state index contributed by atoms with van der Waals surface area (Å²) in [7, 11) is 1.53. The van der Waals surface area contributed by atoms with Gasteiger partial charge in [-0.05, 0) is 19.1 Å². The van der Waals surface area contributed by atoms with Crippen LogP contribution in [0.4, 0.5) is 0 Å². The first kappa shape index (κ1) is 14.8. The maximum Gasteiger partial charge on any atom is 0.305 e. The van der Waals surface area contributed by atoms with Gasteiger partial charge >= 0.3 is 5.97 Å². The first-order chi connectivity index (χ1) is 8.51. The highest BCUT2D eigenvalue weighted by Gasteiger charge is 2.21. The smallest absolute Gasteiger partial charge is 0.305 e. The molecule has 0 spiro atoms. The summed E-state index contributed by atoms with van der Waals surface area (Å²) < 4.78 is 11.4. The predicted octanol–water partition coefficient (Wildman–Crippen LogP) is 2.33. The van der Waals surface area contributed by atoms with E-state index in [2.05, 4.69) is 15.9 Å². The molecule has 3 N–H and O–H groups in total. The molecule has 1 atom stereocenters. The van der Waals surface area contributed by atoms with E-state index in [0.717, 1.165) is 0 Å². The van der Waals surface area contributed by atoms with Crippen LogP contribution in [0.3, 0.4) is 0 Å². The average molecular weight is 318 g/mol. The van der Waals surface area contributed by atoms with Gasteiger partial charge in [0, 0.05) is 16.1 Å². The van der Waals surface area contributed by atoms with Gasteiger partial charge in [0.05, 0.1) is 20.1 Å². The van der Waals surface area contributed by atoms with Crippen molar-refractivity contribution >= 4 is 21.9 Å². The highest BCUT2D eigenvalue weighted by atomic mass is 79.9. The summed E-state index contributed by atoms with van der Waals surface area (Å²) >= 11 is 3.36. The zero-order valence-corrected chi connectivity index (χ0v) is 11.9. The van der Waals surface area contributed by atoms with Gasteiger partial charge < -0.3 is 20.3 Å². The number of carboxylic acid groups (broad SMARTS) is 1. The summed E-state index contributed by atoms with van der Waals surface area (Å²) in [5.74, 6) is 0.0682. The lowest BCUT2D eigenvalue weighted by molar-refractivity contribution is -0.137. The van der Waals surface area contributed by atoms with E-state index >= 15 is 0 Å². The number of halogens is 1. The molecule has 18 heavy (non-hydrogen) atoms. The van der Waals surface area contributed by atoms with Gasteiger partial charge in [0.2, 0.25) is 0 Å². The number of aliphatic carboxylic acids is 1. The molecule has 1 aromatic carbocycles. The maximum absolute atomic E-state index is 10.8. The van der Waals surface area contributed by atoms with Gasteiger partial charge in [0.15, 0.2) is 11.5 Å². The van der Waals surface area contributed by atoms with Gasteiger partial charge in [0.25, 0.3) is 0 Å². The second kappa shape index (κ2) is 6.61. The first-order valence-corrected chi connectivity index (χ1v) is 6.27. The van der Waals surface area contributed by atoms with Crippen molar-refractivity contribution in [2.45, 2.75) is 19.4 Å². The Labute approximate surface area is 114 Å². The lowest BCUT2D eigenvalue weighted by Gasteiger charge is -2.19. The zero-order valence-electron chi connectivity index (χ0n) is 10.3. The normalized spacial score (nSPS) is 12.0. The Balaban J connectivity index is 3.24. The van der Waals surface area contributed by atoms with Crippen LogP contribution in [-0.4, -0.2) is 24.8 Å². The van der Waals surface area contributed by atoms with Crippen LogP contribution in [0.25, 0.3) is 0 Å². The van der Waals surface area contributed by atoms with Crippen LogP contribution in [0.15, 0.2) is 16.6 Å². The van der Waals surface area contributed by atoms with Crippen molar-refractivity contribution in [2.24, 2.45) is 5.73 Å². The van der Waals surface area contributed by atoms with Crippen molar-refractivity contribution in [1.29, 1.82) is 0 Å². The van der Waals surface area contributed by atoms with E-state index in [1.165, 1.54) is 7.11 Å². The van der Waals surface area contributed by atoms with Crippen molar-refractivity contribution in [2.75, 3.05) is 13.7 Å². The Morgan fingerprint density at radius 2 is 2.22 bits per heavy atom. The third-order valence-corrected chi connectivity index (χ3v) is 3.07. The van der Waals surface area contributed by atoms with E-state index in [9.17, 15) is 4.79 Å². The molecule has 0 amide bonds. The van der Waals surface area contributed by atoms with Crippen LogP contribution in [0.1, 0.15) is 24.9 Å². The topological polar surface area (TPSA) is 81.8 Å². The molecule has 1 unspecified atom stereocenters. The second-order valence-electron chi connectivity index (χ2n) is 3.63. The largest absolute Gasteiger partial charge is 0.493 e. The summed E-state index contributed by atoms with van der Waals surface area (Å²) in [6.45, 7) is 2.28. The van der Waals surface area contributed by atoms with Crippen molar-refractivity contribution in [3.05, 3.63) is 22.2 Å². The number of nitrogens with two attached hydrogens (primary N) is 1. The van der Waals surface area contributed by atoms with Gasteiger partial charge in [0.1, 0.15) is 0 Å². The molecule has 0 aliphatic carbocycles. The summed E-state index contributed by atoms with van der Waals surface area (Å²) in [6.07, 6.45) is -0.175. The molecular formula is C12H16BrNO4. The van der Waals surface area contributed by atoms with Gasteiger partial charge in [-0.15, -0.1) is 0 Å². The molecule has 1 aromatic rings. The fourth-order valence-corrected chi connectivity index (χ4v) is 2.25. The molecule has 0 fully saturated rings. The van der Waals surface area contributed by atoms with Gasteiger partial charge in [-0.25, -0.2) is 0 Å². The van der Waals surface area contributed by atoms with Crippen LogP contribution in [-0.2, 0) is 4.79 Å². The van der Waals surface area contributed by atoms with Gasteiger partial charge in [-0.1, -0.05) is 15.9 Å². The lowest BCUT2D eigenvalue weighted by Crippen LogP contribution is -2.17. The third-order valence-electron chi connectivity index (χ3n) is 2.38. The molecule has 1 rings (SSSR count). The third kappa shape index (κ3) is 3.36. The number of hydrogen-bond donors (Lipinski definition) is 2. The molecule has 0 saturated carbocycles. The quantitative estimate of drug-likeness (QED) is 0.841. The lowest BCUT2D eigenvalue weighted by atomic mass is 10.0. The van der Waals surface area contributed by atoms with Crippen LogP contribution < -0.4 is 15.2 Å². The van der Waals surface area contributed by atoms with E-state index in [1.54, 1.807) is 12.1 Å². The maximum atomic E-state index is 10.8. The summed E-state index contributed by atoms with van der Waals surface area (Å²) in [5.41, 5.74) is 6.51.